The summed E-state index contributed by atoms with van der Waals surface area (Å²) in [5.41, 5.74) is 1.19. The molecule has 2 N–H and O–H groups in total. The van der Waals surface area contributed by atoms with Gasteiger partial charge in [-0.2, -0.15) is 9.57 Å². The number of aromatic amines is 1. The highest BCUT2D eigenvalue weighted by Crippen LogP contribution is 2.22. The Labute approximate surface area is 191 Å². The third-order valence-electron chi connectivity index (χ3n) is 5.39. The zero-order chi connectivity index (χ0) is 23.4. The van der Waals surface area contributed by atoms with Gasteiger partial charge in [0.05, 0.1) is 21.5 Å². The number of fused-ring (bicyclic) bond motifs is 1. The molecule has 1 saturated heterocycles. The lowest BCUT2D eigenvalue weighted by Crippen LogP contribution is -2.35. The van der Waals surface area contributed by atoms with Crippen LogP contribution in [0, 0.1) is 11.3 Å². The highest BCUT2D eigenvalue weighted by Gasteiger charge is 2.26. The third-order valence-corrected chi connectivity index (χ3v) is 7.28. The number of carbonyl (C=O) groups is 1. The van der Waals surface area contributed by atoms with Gasteiger partial charge >= 0.3 is 5.97 Å². The number of benzene rings is 2. The minimum Gasteiger partial charge on any atom is -0.507 e. The molecule has 0 saturated carbocycles. The fourth-order valence-corrected chi connectivity index (χ4v) is 5.22. The van der Waals surface area contributed by atoms with E-state index >= 15 is 0 Å². The minimum atomic E-state index is -3.70. The standard InChI is InChI=1S/C23H22N4O5S/c24-14-18(22-25-19-9-2-3-10-20(19)26-22)21(28)15-32-23(29)16-7-6-8-17(13-16)33(30,31)27-11-4-1-5-12-27/h2-3,6-10,13,28H,1,4-5,11-12,15H2,(H,25,26)/b21-18-. The number of hydrogen-bond acceptors (Lipinski definition) is 7. The van der Waals surface area contributed by atoms with E-state index in [1.54, 1.807) is 24.3 Å². The number of imidazole rings is 1. The van der Waals surface area contributed by atoms with Crippen molar-refractivity contribution >= 4 is 32.6 Å². The Morgan fingerprint density at radius 3 is 2.64 bits per heavy atom. The van der Waals surface area contributed by atoms with Crippen molar-refractivity contribution in [1.29, 1.82) is 5.26 Å². The number of allylic oxidation sites excluding steroid dienone is 1. The molecular formula is C23H22N4O5S. The number of nitriles is 1. The molecule has 0 amide bonds. The molecule has 1 aliphatic rings. The third kappa shape index (κ3) is 4.74. The van der Waals surface area contributed by atoms with Crippen molar-refractivity contribution in [3.8, 4) is 6.07 Å². The molecule has 0 spiro atoms. The van der Waals surface area contributed by atoms with Crippen molar-refractivity contribution in [2.45, 2.75) is 24.2 Å². The van der Waals surface area contributed by atoms with Crippen LogP contribution in [0.25, 0.3) is 16.6 Å². The molecule has 9 nitrogen and oxygen atoms in total. The monoisotopic (exact) mass is 466 g/mol. The molecule has 0 atom stereocenters. The molecule has 1 aromatic heterocycles. The van der Waals surface area contributed by atoms with Gasteiger partial charge in [-0.1, -0.05) is 24.6 Å². The second kappa shape index (κ2) is 9.44. The Bertz CT molecular complexity index is 1330. The number of H-pyrrole nitrogens is 1. The maximum Gasteiger partial charge on any atom is 0.338 e. The lowest BCUT2D eigenvalue weighted by Gasteiger charge is -2.25. The number of esters is 1. The van der Waals surface area contributed by atoms with Crippen LogP contribution in [0.15, 0.2) is 59.2 Å². The number of sulfonamides is 1. The number of nitrogens with one attached hydrogen (secondary N) is 1. The Hall–Kier alpha value is -3.68. The maximum atomic E-state index is 12.9. The number of ether oxygens (including phenoxy) is 1. The first-order valence-corrected chi connectivity index (χ1v) is 11.9. The van der Waals surface area contributed by atoms with E-state index in [-0.39, 0.29) is 21.9 Å². The van der Waals surface area contributed by atoms with Crippen LogP contribution in [0.3, 0.4) is 0 Å². The number of aromatic nitrogens is 2. The van der Waals surface area contributed by atoms with E-state index < -0.39 is 28.4 Å². The van der Waals surface area contributed by atoms with E-state index in [9.17, 15) is 23.6 Å². The van der Waals surface area contributed by atoms with Gasteiger partial charge in [0.2, 0.25) is 10.0 Å². The molecule has 33 heavy (non-hydrogen) atoms. The number of aliphatic hydroxyl groups excluding tert-OH is 1. The van der Waals surface area contributed by atoms with E-state index in [1.165, 1.54) is 28.6 Å². The summed E-state index contributed by atoms with van der Waals surface area (Å²) < 4.78 is 32.3. The zero-order valence-electron chi connectivity index (χ0n) is 17.7. The molecule has 0 radical (unpaired) electrons. The lowest BCUT2D eigenvalue weighted by molar-refractivity contribution is 0.0502. The van der Waals surface area contributed by atoms with Crippen LogP contribution in [-0.2, 0) is 14.8 Å². The number of para-hydroxylation sites is 2. The number of rotatable bonds is 6. The average Bonchev–Trinajstić information content (AvgIpc) is 3.27. The summed E-state index contributed by atoms with van der Waals surface area (Å²) in [5, 5.41) is 19.8. The molecule has 2 heterocycles. The molecule has 2 aromatic carbocycles. The van der Waals surface area contributed by atoms with Gasteiger partial charge in [-0.25, -0.2) is 18.2 Å². The molecule has 1 aliphatic heterocycles. The van der Waals surface area contributed by atoms with Crippen molar-refractivity contribution in [2.24, 2.45) is 0 Å². The fourth-order valence-electron chi connectivity index (χ4n) is 3.65. The molecule has 4 rings (SSSR count). The predicted octanol–water partition coefficient (Wildman–Crippen LogP) is 3.39. The molecule has 0 aliphatic carbocycles. The second-order valence-corrected chi connectivity index (χ2v) is 9.54. The fraction of sp³-hybridized carbons (Fsp3) is 0.261. The summed E-state index contributed by atoms with van der Waals surface area (Å²) >= 11 is 0. The first kappa shape index (κ1) is 22.5. The van der Waals surface area contributed by atoms with Crippen molar-refractivity contribution < 1.29 is 23.1 Å². The first-order valence-electron chi connectivity index (χ1n) is 10.4. The number of piperidine rings is 1. The van der Waals surface area contributed by atoms with E-state index in [0.717, 1.165) is 19.3 Å². The van der Waals surface area contributed by atoms with Gasteiger partial charge in [0.25, 0.3) is 0 Å². The van der Waals surface area contributed by atoms with Gasteiger partial charge in [0, 0.05) is 13.1 Å². The van der Waals surface area contributed by atoms with Crippen LogP contribution in [0.4, 0.5) is 0 Å². The molecule has 1 fully saturated rings. The largest absolute Gasteiger partial charge is 0.507 e. The Kier molecular flexibility index (Phi) is 6.44. The van der Waals surface area contributed by atoms with E-state index in [0.29, 0.717) is 24.1 Å². The first-order chi connectivity index (χ1) is 15.9. The average molecular weight is 467 g/mol. The van der Waals surface area contributed by atoms with Gasteiger partial charge in [0.15, 0.2) is 11.6 Å². The van der Waals surface area contributed by atoms with Gasteiger partial charge in [-0.05, 0) is 43.2 Å². The molecule has 10 heteroatoms. The smallest absolute Gasteiger partial charge is 0.338 e. The minimum absolute atomic E-state index is 0.0126. The lowest BCUT2D eigenvalue weighted by atomic mass is 10.2. The zero-order valence-corrected chi connectivity index (χ0v) is 18.5. The SMILES string of the molecule is N#C/C(=C(/O)COC(=O)c1cccc(S(=O)(=O)N2CCCCC2)c1)c1nc2ccccc2[nH]1. The Morgan fingerprint density at radius 2 is 1.91 bits per heavy atom. The molecule has 0 unspecified atom stereocenters. The van der Waals surface area contributed by atoms with Gasteiger partial charge in [-0.15, -0.1) is 0 Å². The van der Waals surface area contributed by atoms with Crippen LogP contribution in [-0.4, -0.2) is 53.5 Å². The predicted molar refractivity (Wildman–Crippen MR) is 121 cm³/mol. The van der Waals surface area contributed by atoms with Crippen LogP contribution in [0.1, 0.15) is 35.4 Å². The highest BCUT2D eigenvalue weighted by molar-refractivity contribution is 7.89. The highest BCUT2D eigenvalue weighted by atomic mass is 32.2. The van der Waals surface area contributed by atoms with Gasteiger partial charge in [0.1, 0.15) is 18.2 Å². The quantitative estimate of drug-likeness (QED) is 0.323. The van der Waals surface area contributed by atoms with E-state index in [2.05, 4.69) is 9.97 Å². The maximum absolute atomic E-state index is 12.9. The number of aliphatic hydroxyl groups is 1. The molecule has 0 bridgehead atoms. The number of hydrogen-bond donors (Lipinski definition) is 2. The number of carbonyl (C=O) groups excluding carboxylic acids is 1. The molecular weight excluding hydrogens is 444 g/mol. The summed E-state index contributed by atoms with van der Waals surface area (Å²) in [5.74, 6) is -1.14. The van der Waals surface area contributed by atoms with Crippen molar-refractivity contribution in [3.63, 3.8) is 0 Å². The van der Waals surface area contributed by atoms with Crippen LogP contribution < -0.4 is 0 Å². The summed E-state index contributed by atoms with van der Waals surface area (Å²) in [6, 6.07) is 14.6. The topological polar surface area (TPSA) is 136 Å². The van der Waals surface area contributed by atoms with Crippen LogP contribution in [0.5, 0.6) is 0 Å². The summed E-state index contributed by atoms with van der Waals surface area (Å²) in [6.45, 7) is 0.338. The summed E-state index contributed by atoms with van der Waals surface area (Å²) in [7, 11) is -3.70. The van der Waals surface area contributed by atoms with E-state index in [1.807, 2.05) is 6.07 Å². The second-order valence-electron chi connectivity index (χ2n) is 7.60. The van der Waals surface area contributed by atoms with Crippen LogP contribution in [0.2, 0.25) is 0 Å². The van der Waals surface area contributed by atoms with Crippen molar-refractivity contribution in [2.75, 3.05) is 19.7 Å². The Balaban J connectivity index is 1.50. The summed E-state index contributed by atoms with van der Waals surface area (Å²) in [6.07, 6.45) is 2.60. The van der Waals surface area contributed by atoms with Crippen LogP contribution >= 0.6 is 0 Å². The number of nitrogens with zero attached hydrogens (tertiary/aromatic N) is 3. The Morgan fingerprint density at radius 1 is 1.15 bits per heavy atom. The summed E-state index contributed by atoms with van der Waals surface area (Å²) in [4.78, 5) is 19.7. The van der Waals surface area contributed by atoms with Gasteiger partial charge in [-0.3, -0.25) is 0 Å². The van der Waals surface area contributed by atoms with Crippen molar-refractivity contribution in [3.05, 3.63) is 65.7 Å². The molecule has 3 aromatic rings. The molecule has 170 valence electrons. The normalized spacial score (nSPS) is 15.6. The van der Waals surface area contributed by atoms with Crippen molar-refractivity contribution in [1.82, 2.24) is 14.3 Å². The van der Waals surface area contributed by atoms with E-state index in [4.69, 9.17) is 4.74 Å². The van der Waals surface area contributed by atoms with Gasteiger partial charge < -0.3 is 14.8 Å².